The van der Waals surface area contributed by atoms with E-state index in [4.69, 9.17) is 4.74 Å². The summed E-state index contributed by atoms with van der Waals surface area (Å²) in [6.45, 7) is 4.68. The molecule has 0 saturated heterocycles. The maximum absolute atomic E-state index is 13.2. The van der Waals surface area contributed by atoms with Crippen molar-refractivity contribution in [1.29, 1.82) is 0 Å². The van der Waals surface area contributed by atoms with E-state index in [9.17, 15) is 9.90 Å². The maximum atomic E-state index is 13.2. The minimum atomic E-state index is -0.393. The van der Waals surface area contributed by atoms with Crippen LogP contribution in [0.15, 0.2) is 78.8 Å². The average molecular weight is 415 g/mol. The third-order valence-corrected chi connectivity index (χ3v) is 5.73. The largest absolute Gasteiger partial charge is 0.503 e. The van der Waals surface area contributed by atoms with Gasteiger partial charge >= 0.3 is 0 Å². The third kappa shape index (κ3) is 4.04. The highest BCUT2D eigenvalue weighted by atomic mass is 16.5. The molecular weight excluding hydrogens is 388 g/mol. The Morgan fingerprint density at radius 1 is 1.00 bits per heavy atom. The predicted octanol–water partition coefficient (Wildman–Crippen LogP) is 5.27. The number of aromatic nitrogens is 1. The van der Waals surface area contributed by atoms with Gasteiger partial charge in [0.1, 0.15) is 5.75 Å². The summed E-state index contributed by atoms with van der Waals surface area (Å²) in [5.74, 6) is 0.551. The summed E-state index contributed by atoms with van der Waals surface area (Å²) in [5.41, 5.74) is 4.55. The van der Waals surface area contributed by atoms with Crippen molar-refractivity contribution in [2.45, 2.75) is 32.4 Å². The zero-order chi connectivity index (χ0) is 22.0. The minimum Gasteiger partial charge on any atom is -0.503 e. The summed E-state index contributed by atoms with van der Waals surface area (Å²) >= 11 is 0. The fourth-order valence-corrected chi connectivity index (χ4v) is 3.98. The Bertz CT molecular complexity index is 1090. The van der Waals surface area contributed by atoms with Crippen LogP contribution in [0.2, 0.25) is 0 Å². The van der Waals surface area contributed by atoms with Crippen LogP contribution in [-0.4, -0.2) is 28.0 Å². The van der Waals surface area contributed by atoms with Crippen molar-refractivity contribution in [3.8, 4) is 5.75 Å². The summed E-state index contributed by atoms with van der Waals surface area (Å²) in [7, 11) is 1.61. The SMILES string of the molecule is COc1ccc(C2=C(O)C(=O)N(Cc3ccncc3)[C@H]2c2ccc(C(C)C)cc2)cc1. The van der Waals surface area contributed by atoms with Gasteiger partial charge in [-0.3, -0.25) is 9.78 Å². The lowest BCUT2D eigenvalue weighted by molar-refractivity contribution is -0.130. The highest BCUT2D eigenvalue weighted by Crippen LogP contribution is 2.44. The summed E-state index contributed by atoms with van der Waals surface area (Å²) in [5, 5.41) is 10.9. The highest BCUT2D eigenvalue weighted by Gasteiger charge is 2.41. The number of carbonyl (C=O) groups excluding carboxylic acids is 1. The number of carbonyl (C=O) groups is 1. The fourth-order valence-electron chi connectivity index (χ4n) is 3.98. The highest BCUT2D eigenvalue weighted by molar-refractivity contribution is 6.05. The lowest BCUT2D eigenvalue weighted by Crippen LogP contribution is -2.29. The number of nitrogens with zero attached hydrogens (tertiary/aromatic N) is 2. The van der Waals surface area contributed by atoms with E-state index in [0.29, 0.717) is 18.0 Å². The Morgan fingerprint density at radius 2 is 1.65 bits per heavy atom. The second kappa shape index (κ2) is 8.64. The third-order valence-electron chi connectivity index (χ3n) is 5.73. The van der Waals surface area contributed by atoms with Gasteiger partial charge in [0.25, 0.3) is 5.91 Å². The number of ether oxygens (including phenoxy) is 1. The zero-order valence-corrected chi connectivity index (χ0v) is 17.9. The van der Waals surface area contributed by atoms with Crippen molar-refractivity contribution in [2.75, 3.05) is 7.11 Å². The lowest BCUT2D eigenvalue weighted by atomic mass is 9.91. The summed E-state index contributed by atoms with van der Waals surface area (Å²) in [6, 6.07) is 19.1. The summed E-state index contributed by atoms with van der Waals surface area (Å²) < 4.78 is 5.27. The van der Waals surface area contributed by atoms with Crippen LogP contribution in [0.25, 0.3) is 5.57 Å². The zero-order valence-electron chi connectivity index (χ0n) is 17.9. The molecule has 0 saturated carbocycles. The number of aliphatic hydroxyl groups excluding tert-OH is 1. The van der Waals surface area contributed by atoms with Gasteiger partial charge < -0.3 is 14.7 Å². The molecule has 2 aromatic carbocycles. The monoisotopic (exact) mass is 414 g/mol. The van der Waals surface area contributed by atoms with Gasteiger partial charge in [-0.05, 0) is 52.4 Å². The number of benzene rings is 2. The molecule has 3 aromatic rings. The summed E-state index contributed by atoms with van der Waals surface area (Å²) in [4.78, 5) is 18.9. The molecule has 1 atom stereocenters. The van der Waals surface area contributed by atoms with Crippen LogP contribution in [0.4, 0.5) is 0 Å². The van der Waals surface area contributed by atoms with Crippen LogP contribution in [0.3, 0.4) is 0 Å². The van der Waals surface area contributed by atoms with E-state index in [2.05, 4.69) is 43.1 Å². The van der Waals surface area contributed by atoms with Crippen LogP contribution in [0.5, 0.6) is 5.75 Å². The number of rotatable bonds is 6. The maximum Gasteiger partial charge on any atom is 0.290 e. The quantitative estimate of drug-likeness (QED) is 0.597. The van der Waals surface area contributed by atoms with Gasteiger partial charge in [-0.2, -0.15) is 0 Å². The van der Waals surface area contributed by atoms with Crippen LogP contribution in [0.1, 0.15) is 48.1 Å². The number of hydrogen-bond donors (Lipinski definition) is 1. The molecule has 1 aromatic heterocycles. The molecule has 31 heavy (non-hydrogen) atoms. The summed E-state index contributed by atoms with van der Waals surface area (Å²) in [6.07, 6.45) is 3.42. The first-order valence-electron chi connectivity index (χ1n) is 10.4. The van der Waals surface area contributed by atoms with E-state index in [1.165, 1.54) is 5.56 Å². The molecule has 158 valence electrons. The predicted molar refractivity (Wildman–Crippen MR) is 121 cm³/mol. The van der Waals surface area contributed by atoms with Crippen LogP contribution >= 0.6 is 0 Å². The van der Waals surface area contributed by atoms with Gasteiger partial charge in [0.15, 0.2) is 5.76 Å². The first-order chi connectivity index (χ1) is 15.0. The van der Waals surface area contributed by atoms with Gasteiger partial charge in [-0.1, -0.05) is 50.2 Å². The van der Waals surface area contributed by atoms with E-state index in [-0.39, 0.29) is 11.7 Å². The smallest absolute Gasteiger partial charge is 0.290 e. The number of hydrogen-bond acceptors (Lipinski definition) is 4. The molecule has 2 heterocycles. The van der Waals surface area contributed by atoms with Gasteiger partial charge in [-0.15, -0.1) is 0 Å². The van der Waals surface area contributed by atoms with Gasteiger partial charge in [0.05, 0.1) is 13.2 Å². The topological polar surface area (TPSA) is 62.7 Å². The lowest BCUT2D eigenvalue weighted by Gasteiger charge is -2.28. The second-order valence-corrected chi connectivity index (χ2v) is 8.00. The molecule has 5 nitrogen and oxygen atoms in total. The van der Waals surface area contributed by atoms with Crippen molar-refractivity contribution in [3.63, 3.8) is 0 Å². The number of methoxy groups -OCH3 is 1. The fraction of sp³-hybridized carbons (Fsp3) is 0.231. The van der Waals surface area contributed by atoms with Crippen molar-refractivity contribution in [2.24, 2.45) is 0 Å². The molecule has 1 aliphatic rings. The molecule has 1 aliphatic heterocycles. The van der Waals surface area contributed by atoms with E-state index in [1.807, 2.05) is 36.4 Å². The number of amides is 1. The first kappa shape index (κ1) is 20.7. The Kier molecular flexibility index (Phi) is 5.76. The van der Waals surface area contributed by atoms with Crippen LogP contribution < -0.4 is 4.74 Å². The molecule has 0 aliphatic carbocycles. The van der Waals surface area contributed by atoms with E-state index < -0.39 is 6.04 Å². The Morgan fingerprint density at radius 3 is 2.23 bits per heavy atom. The van der Waals surface area contributed by atoms with Crippen molar-refractivity contribution in [1.82, 2.24) is 9.88 Å². The standard InChI is InChI=1S/C26H26N2O3/c1-17(2)19-4-6-21(7-5-19)24-23(20-8-10-22(31-3)11-9-20)25(29)26(30)28(24)16-18-12-14-27-15-13-18/h4-15,17,24,29H,16H2,1-3H3/t24-/m0/s1. The number of aliphatic hydroxyl groups is 1. The van der Waals surface area contributed by atoms with Crippen molar-refractivity contribution in [3.05, 3.63) is 101 Å². The molecule has 4 rings (SSSR count). The van der Waals surface area contributed by atoms with Crippen LogP contribution in [0, 0.1) is 0 Å². The van der Waals surface area contributed by atoms with Crippen molar-refractivity contribution < 1.29 is 14.6 Å². The van der Waals surface area contributed by atoms with Crippen molar-refractivity contribution >= 4 is 11.5 Å². The normalized spacial score (nSPS) is 16.3. The molecule has 0 radical (unpaired) electrons. The second-order valence-electron chi connectivity index (χ2n) is 8.00. The molecule has 0 spiro atoms. The Labute approximate surface area is 182 Å². The van der Waals surface area contributed by atoms with E-state index in [1.54, 1.807) is 24.4 Å². The van der Waals surface area contributed by atoms with Gasteiger partial charge in [0.2, 0.25) is 0 Å². The molecule has 0 bridgehead atoms. The number of pyridine rings is 1. The minimum absolute atomic E-state index is 0.211. The first-order valence-corrected chi connectivity index (χ1v) is 10.4. The van der Waals surface area contributed by atoms with E-state index in [0.717, 1.165) is 22.4 Å². The molecule has 1 amide bonds. The van der Waals surface area contributed by atoms with Gasteiger partial charge in [0, 0.05) is 24.5 Å². The Balaban J connectivity index is 1.79. The molecule has 5 heteroatoms. The molecule has 1 N–H and O–H groups in total. The Hall–Kier alpha value is -3.60. The molecule has 0 fully saturated rings. The van der Waals surface area contributed by atoms with E-state index >= 15 is 0 Å². The molecule has 0 unspecified atom stereocenters. The van der Waals surface area contributed by atoms with Gasteiger partial charge in [-0.25, -0.2) is 0 Å². The van der Waals surface area contributed by atoms with Crippen LogP contribution in [-0.2, 0) is 11.3 Å². The molecular formula is C26H26N2O3. The average Bonchev–Trinajstić information content (AvgIpc) is 3.05.